The lowest BCUT2D eigenvalue weighted by molar-refractivity contribution is -0.130. The number of nitrogens with zero attached hydrogens (tertiary/aromatic N) is 3. The number of benzene rings is 2. The maximum absolute atomic E-state index is 13.1. The highest BCUT2D eigenvalue weighted by Gasteiger charge is 2.29. The van der Waals surface area contributed by atoms with Crippen LogP contribution in [0.3, 0.4) is 0 Å². The van der Waals surface area contributed by atoms with Gasteiger partial charge in [-0.2, -0.15) is 4.31 Å². The average Bonchev–Trinajstić information content (AvgIpc) is 2.96. The van der Waals surface area contributed by atoms with E-state index in [0.717, 1.165) is 30.6 Å². The SMILES string of the molecule is COc1ccc(CCCCC(=O)Nc2cccc(-c3ccc(S(=O)(=O)N4CCN(C(C)=O)CC4)cc3)n2)cc1. The second-order valence-electron chi connectivity index (χ2n) is 9.45. The molecule has 2 aromatic carbocycles. The van der Waals surface area contributed by atoms with Gasteiger partial charge in [-0.25, -0.2) is 13.4 Å². The molecule has 0 spiro atoms. The number of nitrogens with one attached hydrogen (secondary N) is 1. The number of anilines is 1. The predicted molar refractivity (Wildman–Crippen MR) is 150 cm³/mol. The first kappa shape index (κ1) is 28.3. The first-order valence-electron chi connectivity index (χ1n) is 13.0. The van der Waals surface area contributed by atoms with Gasteiger partial charge < -0.3 is 15.0 Å². The Hall–Kier alpha value is -3.76. The largest absolute Gasteiger partial charge is 0.497 e. The number of carbonyl (C=O) groups excluding carboxylic acids is 2. The summed E-state index contributed by atoms with van der Waals surface area (Å²) < 4.78 is 32.7. The van der Waals surface area contributed by atoms with Crippen molar-refractivity contribution in [2.45, 2.75) is 37.5 Å². The van der Waals surface area contributed by atoms with Gasteiger partial charge in [0.1, 0.15) is 11.6 Å². The second kappa shape index (κ2) is 12.9. The Balaban J connectivity index is 1.30. The third kappa shape index (κ3) is 7.42. The minimum atomic E-state index is -3.65. The van der Waals surface area contributed by atoms with Gasteiger partial charge in [0.15, 0.2) is 0 Å². The number of aromatic nitrogens is 1. The molecule has 2 heterocycles. The van der Waals surface area contributed by atoms with E-state index in [0.29, 0.717) is 31.0 Å². The average molecular weight is 551 g/mol. The summed E-state index contributed by atoms with van der Waals surface area (Å²) in [5.41, 5.74) is 2.58. The fraction of sp³-hybridized carbons (Fsp3) is 0.345. The fourth-order valence-electron chi connectivity index (χ4n) is 4.47. The van der Waals surface area contributed by atoms with Gasteiger partial charge in [-0.15, -0.1) is 0 Å². The van der Waals surface area contributed by atoms with Gasteiger partial charge in [0, 0.05) is 45.1 Å². The summed E-state index contributed by atoms with van der Waals surface area (Å²) in [4.78, 5) is 30.4. The maximum Gasteiger partial charge on any atom is 0.243 e. The summed E-state index contributed by atoms with van der Waals surface area (Å²) in [5.74, 6) is 1.13. The molecule has 1 aliphatic rings. The molecule has 0 radical (unpaired) electrons. The van der Waals surface area contributed by atoms with Crippen molar-refractivity contribution in [1.29, 1.82) is 0 Å². The number of aryl methyl sites for hydroxylation is 1. The minimum Gasteiger partial charge on any atom is -0.497 e. The number of pyridine rings is 1. The Morgan fingerprint density at radius 2 is 1.62 bits per heavy atom. The Bertz CT molecular complexity index is 1380. The highest BCUT2D eigenvalue weighted by atomic mass is 32.2. The highest BCUT2D eigenvalue weighted by Crippen LogP contribution is 2.24. The van der Waals surface area contributed by atoms with Gasteiger partial charge in [0.25, 0.3) is 0 Å². The summed E-state index contributed by atoms with van der Waals surface area (Å²) in [7, 11) is -2.01. The number of hydrogen-bond acceptors (Lipinski definition) is 6. The van der Waals surface area contributed by atoms with E-state index >= 15 is 0 Å². The molecule has 0 saturated carbocycles. The molecule has 1 aliphatic heterocycles. The standard InChI is InChI=1S/C29H34N4O5S/c1-22(34)32-18-20-33(21-19-32)39(36,37)26-16-12-24(13-17-26)27-7-5-8-28(30-27)31-29(35)9-4-3-6-23-10-14-25(38-2)15-11-23/h5,7-8,10-17H,3-4,6,9,18-21H2,1-2H3,(H,30,31,35). The van der Waals surface area contributed by atoms with Crippen molar-refractivity contribution in [3.05, 3.63) is 72.3 Å². The lowest BCUT2D eigenvalue weighted by atomic mass is 10.1. The molecule has 0 unspecified atom stereocenters. The first-order chi connectivity index (χ1) is 18.8. The molecular formula is C29H34N4O5S. The van der Waals surface area contributed by atoms with Crippen LogP contribution in [0.15, 0.2) is 71.6 Å². The molecule has 2 amide bonds. The Kier molecular flexibility index (Phi) is 9.32. The van der Waals surface area contributed by atoms with Crippen LogP contribution in [-0.4, -0.2) is 67.7 Å². The molecule has 0 atom stereocenters. The third-order valence-corrected chi connectivity index (χ3v) is 8.68. The molecule has 39 heavy (non-hydrogen) atoms. The number of ether oxygens (including phenoxy) is 1. The molecular weight excluding hydrogens is 516 g/mol. The number of unbranched alkanes of at least 4 members (excludes halogenated alkanes) is 1. The second-order valence-corrected chi connectivity index (χ2v) is 11.4. The van der Waals surface area contributed by atoms with Crippen LogP contribution >= 0.6 is 0 Å². The summed E-state index contributed by atoms with van der Waals surface area (Å²) in [6.45, 7) is 2.81. The number of rotatable bonds is 10. The number of carbonyl (C=O) groups is 2. The first-order valence-corrected chi connectivity index (χ1v) is 14.5. The summed E-state index contributed by atoms with van der Waals surface area (Å²) in [6, 6.07) is 19.9. The van der Waals surface area contributed by atoms with E-state index in [4.69, 9.17) is 4.74 Å². The normalized spacial score (nSPS) is 14.2. The number of hydrogen-bond donors (Lipinski definition) is 1. The van der Waals surface area contributed by atoms with Crippen molar-refractivity contribution >= 4 is 27.7 Å². The number of piperazine rings is 1. The Morgan fingerprint density at radius 3 is 2.26 bits per heavy atom. The molecule has 0 bridgehead atoms. The zero-order valence-corrected chi connectivity index (χ0v) is 23.1. The summed E-state index contributed by atoms with van der Waals surface area (Å²) >= 11 is 0. The lowest BCUT2D eigenvalue weighted by Crippen LogP contribution is -2.49. The van der Waals surface area contributed by atoms with Crippen molar-refractivity contribution in [1.82, 2.24) is 14.2 Å². The predicted octanol–water partition coefficient (Wildman–Crippen LogP) is 3.96. The van der Waals surface area contributed by atoms with Gasteiger partial charge in [-0.05, 0) is 61.2 Å². The molecule has 1 saturated heterocycles. The molecule has 1 N–H and O–H groups in total. The van der Waals surface area contributed by atoms with Crippen molar-refractivity contribution in [2.75, 3.05) is 38.6 Å². The topological polar surface area (TPSA) is 109 Å². The molecule has 206 valence electrons. The zero-order valence-electron chi connectivity index (χ0n) is 22.3. The van der Waals surface area contributed by atoms with E-state index in [2.05, 4.69) is 10.3 Å². The minimum absolute atomic E-state index is 0.0490. The Labute approximate surface area is 229 Å². The van der Waals surface area contributed by atoms with Crippen LogP contribution in [0.5, 0.6) is 5.75 Å². The molecule has 4 rings (SSSR count). The van der Waals surface area contributed by atoms with Crippen molar-refractivity contribution in [3.63, 3.8) is 0 Å². The zero-order chi connectivity index (χ0) is 27.8. The molecule has 1 fully saturated rings. The number of sulfonamides is 1. The number of amides is 2. The van der Waals surface area contributed by atoms with E-state index < -0.39 is 10.0 Å². The molecule has 10 heteroatoms. The van der Waals surface area contributed by atoms with Crippen LogP contribution in [-0.2, 0) is 26.0 Å². The molecule has 9 nitrogen and oxygen atoms in total. The van der Waals surface area contributed by atoms with Gasteiger partial charge in [0.05, 0.1) is 17.7 Å². The van der Waals surface area contributed by atoms with E-state index in [1.54, 1.807) is 48.4 Å². The van der Waals surface area contributed by atoms with E-state index in [-0.39, 0.29) is 29.8 Å². The highest BCUT2D eigenvalue weighted by molar-refractivity contribution is 7.89. The summed E-state index contributed by atoms with van der Waals surface area (Å²) in [5, 5.41) is 2.86. The molecule has 1 aromatic heterocycles. The quantitative estimate of drug-likeness (QED) is 0.383. The number of methoxy groups -OCH3 is 1. The van der Waals surface area contributed by atoms with Crippen molar-refractivity contribution in [3.8, 4) is 17.0 Å². The molecule has 3 aromatic rings. The molecule has 0 aliphatic carbocycles. The van der Waals surface area contributed by atoms with Crippen LogP contribution in [0.4, 0.5) is 5.82 Å². The van der Waals surface area contributed by atoms with Crippen LogP contribution in [0, 0.1) is 0 Å². The van der Waals surface area contributed by atoms with Crippen molar-refractivity contribution < 1.29 is 22.7 Å². The van der Waals surface area contributed by atoms with Gasteiger partial charge in [-0.3, -0.25) is 9.59 Å². The fourth-order valence-corrected chi connectivity index (χ4v) is 5.89. The monoisotopic (exact) mass is 550 g/mol. The lowest BCUT2D eigenvalue weighted by Gasteiger charge is -2.33. The van der Waals surface area contributed by atoms with Crippen LogP contribution in [0.25, 0.3) is 11.3 Å². The van der Waals surface area contributed by atoms with Gasteiger partial charge >= 0.3 is 0 Å². The third-order valence-electron chi connectivity index (χ3n) is 6.77. The van der Waals surface area contributed by atoms with E-state index in [1.807, 2.05) is 30.3 Å². The van der Waals surface area contributed by atoms with Crippen LogP contribution in [0.1, 0.15) is 31.7 Å². The van der Waals surface area contributed by atoms with Crippen molar-refractivity contribution in [2.24, 2.45) is 0 Å². The van der Waals surface area contributed by atoms with E-state index in [9.17, 15) is 18.0 Å². The maximum atomic E-state index is 13.1. The van der Waals surface area contributed by atoms with E-state index in [1.165, 1.54) is 16.8 Å². The van der Waals surface area contributed by atoms with Crippen LogP contribution in [0.2, 0.25) is 0 Å². The summed E-state index contributed by atoms with van der Waals surface area (Å²) in [6.07, 6.45) is 2.95. The smallest absolute Gasteiger partial charge is 0.243 e. The van der Waals surface area contributed by atoms with Gasteiger partial charge in [0.2, 0.25) is 21.8 Å². The van der Waals surface area contributed by atoms with Crippen LogP contribution < -0.4 is 10.1 Å². The van der Waals surface area contributed by atoms with Gasteiger partial charge in [-0.1, -0.05) is 30.3 Å². The Morgan fingerprint density at radius 1 is 0.923 bits per heavy atom.